The third kappa shape index (κ3) is 2.88. The Hall–Kier alpha value is -0.550. The van der Waals surface area contributed by atoms with E-state index in [1.807, 2.05) is 18.2 Å². The number of carbonyl (C=O) groups excluding carboxylic acids is 1. The van der Waals surface area contributed by atoms with Crippen LogP contribution >= 0.6 is 31.9 Å². The van der Waals surface area contributed by atoms with Crippen LogP contribution in [0.15, 0.2) is 27.1 Å². The molecule has 0 N–H and O–H groups in total. The van der Waals surface area contributed by atoms with Crippen molar-refractivity contribution in [3.63, 3.8) is 0 Å². The Morgan fingerprint density at radius 3 is 2.39 bits per heavy atom. The van der Waals surface area contributed by atoms with Crippen LogP contribution in [0.25, 0.3) is 0 Å². The lowest BCUT2D eigenvalue weighted by molar-refractivity contribution is -0.148. The number of methoxy groups -OCH3 is 1. The highest BCUT2D eigenvalue weighted by Gasteiger charge is 2.42. The highest BCUT2D eigenvalue weighted by Crippen LogP contribution is 2.44. The Kier molecular flexibility index (Phi) is 4.33. The molecule has 0 aliphatic heterocycles. The number of para-hydroxylation sites is 1. The fraction of sp³-hybridized carbons (Fsp3) is 0.462. The zero-order chi connectivity index (χ0) is 13.2. The molecule has 0 atom stereocenters. The average Bonchev–Trinajstić information content (AvgIpc) is 2.30. The second kappa shape index (κ2) is 5.61. The van der Waals surface area contributed by atoms with E-state index >= 15 is 0 Å². The van der Waals surface area contributed by atoms with Gasteiger partial charge < -0.3 is 9.47 Å². The Morgan fingerprint density at radius 1 is 1.33 bits per heavy atom. The molecule has 0 heterocycles. The zero-order valence-electron chi connectivity index (χ0n) is 10.0. The maximum absolute atomic E-state index is 11.5. The van der Waals surface area contributed by atoms with Gasteiger partial charge in [0.25, 0.3) is 0 Å². The van der Waals surface area contributed by atoms with Gasteiger partial charge in [-0.05, 0) is 63.3 Å². The van der Waals surface area contributed by atoms with Crippen molar-refractivity contribution in [2.75, 3.05) is 7.11 Å². The monoisotopic (exact) mass is 376 g/mol. The molecule has 3 nitrogen and oxygen atoms in total. The molecule has 18 heavy (non-hydrogen) atoms. The number of hydrogen-bond acceptors (Lipinski definition) is 3. The van der Waals surface area contributed by atoms with E-state index in [9.17, 15) is 4.79 Å². The van der Waals surface area contributed by atoms with Crippen molar-refractivity contribution in [3.8, 4) is 5.75 Å². The van der Waals surface area contributed by atoms with E-state index in [0.717, 1.165) is 34.0 Å². The number of ether oxygens (including phenoxy) is 2. The summed E-state index contributed by atoms with van der Waals surface area (Å²) in [6.45, 7) is 0. The Balaban J connectivity index is 2.18. The molecule has 1 saturated carbocycles. The maximum atomic E-state index is 11.5. The summed E-state index contributed by atoms with van der Waals surface area (Å²) in [5, 5.41) is 0. The van der Waals surface area contributed by atoms with Crippen LogP contribution in [-0.4, -0.2) is 18.7 Å². The van der Waals surface area contributed by atoms with Gasteiger partial charge in [-0.3, -0.25) is 4.79 Å². The van der Waals surface area contributed by atoms with Gasteiger partial charge >= 0.3 is 5.97 Å². The fourth-order valence-corrected chi connectivity index (χ4v) is 3.18. The van der Waals surface area contributed by atoms with E-state index in [2.05, 4.69) is 31.9 Å². The normalized spacial score (nSPS) is 16.8. The van der Waals surface area contributed by atoms with Crippen molar-refractivity contribution in [1.82, 2.24) is 0 Å². The first-order valence-corrected chi connectivity index (χ1v) is 7.35. The van der Waals surface area contributed by atoms with Crippen LogP contribution in [0.1, 0.15) is 25.7 Å². The molecule has 2 rings (SSSR count). The van der Waals surface area contributed by atoms with Crippen LogP contribution in [0, 0.1) is 0 Å². The average molecular weight is 378 g/mol. The first-order chi connectivity index (χ1) is 8.56. The van der Waals surface area contributed by atoms with Crippen molar-refractivity contribution < 1.29 is 14.3 Å². The first kappa shape index (κ1) is 13.9. The summed E-state index contributed by atoms with van der Waals surface area (Å²) in [5.41, 5.74) is -0.403. The molecule has 1 aromatic carbocycles. The van der Waals surface area contributed by atoms with E-state index in [1.165, 1.54) is 7.11 Å². The Labute approximate surface area is 123 Å². The molecule has 98 valence electrons. The lowest BCUT2D eigenvalue weighted by atomic mass is 9.77. The molecule has 1 aliphatic carbocycles. The predicted molar refractivity (Wildman–Crippen MR) is 75.7 cm³/mol. The summed E-state index contributed by atoms with van der Waals surface area (Å²) in [7, 11) is 1.41. The van der Waals surface area contributed by atoms with Gasteiger partial charge in [0, 0.05) is 0 Å². The maximum Gasteiger partial charge on any atom is 0.309 e. The van der Waals surface area contributed by atoms with E-state index < -0.39 is 5.60 Å². The Bertz CT molecular complexity index is 435. The van der Waals surface area contributed by atoms with Crippen LogP contribution in [0.5, 0.6) is 5.75 Å². The number of hydrogen-bond donors (Lipinski definition) is 0. The molecule has 0 bridgehead atoms. The summed E-state index contributed by atoms with van der Waals surface area (Å²) < 4.78 is 12.6. The summed E-state index contributed by atoms with van der Waals surface area (Å²) >= 11 is 6.93. The standard InChI is InChI=1S/C13H14Br2O3/c1-17-11(16)8-13(6-3-7-13)18-12-9(14)4-2-5-10(12)15/h2,4-5H,3,6-8H2,1H3. The summed E-state index contributed by atoms with van der Waals surface area (Å²) in [6, 6.07) is 5.77. The summed E-state index contributed by atoms with van der Waals surface area (Å²) in [5.74, 6) is 0.527. The van der Waals surface area contributed by atoms with Crippen molar-refractivity contribution in [1.29, 1.82) is 0 Å². The molecule has 0 spiro atoms. The minimum Gasteiger partial charge on any atom is -0.484 e. The molecule has 0 unspecified atom stereocenters. The summed E-state index contributed by atoms with van der Waals surface area (Å²) in [4.78, 5) is 11.5. The third-order valence-electron chi connectivity index (χ3n) is 3.20. The molecule has 1 aliphatic rings. The predicted octanol–water partition coefficient (Wildman–Crippen LogP) is 4.08. The zero-order valence-corrected chi connectivity index (χ0v) is 13.2. The minimum absolute atomic E-state index is 0.224. The second-order valence-electron chi connectivity index (χ2n) is 4.44. The number of rotatable bonds is 4. The molecule has 0 radical (unpaired) electrons. The van der Waals surface area contributed by atoms with Crippen molar-refractivity contribution >= 4 is 37.8 Å². The minimum atomic E-state index is -0.403. The largest absolute Gasteiger partial charge is 0.484 e. The second-order valence-corrected chi connectivity index (χ2v) is 6.15. The smallest absolute Gasteiger partial charge is 0.309 e. The Morgan fingerprint density at radius 2 is 1.94 bits per heavy atom. The van der Waals surface area contributed by atoms with Gasteiger partial charge in [-0.25, -0.2) is 0 Å². The van der Waals surface area contributed by atoms with Gasteiger partial charge in [-0.2, -0.15) is 0 Å². The lowest BCUT2D eigenvalue weighted by Gasteiger charge is -2.41. The molecule has 5 heteroatoms. The number of benzene rings is 1. The summed E-state index contributed by atoms with van der Waals surface area (Å²) in [6.07, 6.45) is 3.15. The first-order valence-electron chi connectivity index (χ1n) is 5.76. The van der Waals surface area contributed by atoms with Crippen molar-refractivity contribution in [2.24, 2.45) is 0 Å². The quantitative estimate of drug-likeness (QED) is 0.741. The molecular formula is C13H14Br2O3. The molecular weight excluding hydrogens is 364 g/mol. The SMILES string of the molecule is COC(=O)CC1(Oc2c(Br)cccc2Br)CCC1. The van der Waals surface area contributed by atoms with Crippen LogP contribution in [0.3, 0.4) is 0 Å². The van der Waals surface area contributed by atoms with Gasteiger partial charge in [0.05, 0.1) is 22.5 Å². The molecule has 0 aromatic heterocycles. The highest BCUT2D eigenvalue weighted by atomic mass is 79.9. The van der Waals surface area contributed by atoms with Crippen LogP contribution < -0.4 is 4.74 Å². The van der Waals surface area contributed by atoms with Crippen LogP contribution in [0.4, 0.5) is 0 Å². The van der Waals surface area contributed by atoms with Gasteiger partial charge in [0.2, 0.25) is 0 Å². The number of esters is 1. The lowest BCUT2D eigenvalue weighted by Crippen LogP contribution is -2.45. The van der Waals surface area contributed by atoms with Crippen LogP contribution in [0.2, 0.25) is 0 Å². The van der Waals surface area contributed by atoms with E-state index in [-0.39, 0.29) is 5.97 Å². The number of halogens is 2. The highest BCUT2D eigenvalue weighted by molar-refractivity contribution is 9.11. The van der Waals surface area contributed by atoms with Crippen molar-refractivity contribution in [2.45, 2.75) is 31.3 Å². The van der Waals surface area contributed by atoms with Gasteiger partial charge in [-0.1, -0.05) is 6.07 Å². The molecule has 1 fully saturated rings. The topological polar surface area (TPSA) is 35.5 Å². The van der Waals surface area contributed by atoms with E-state index in [1.54, 1.807) is 0 Å². The third-order valence-corrected chi connectivity index (χ3v) is 4.45. The van der Waals surface area contributed by atoms with E-state index in [0.29, 0.717) is 6.42 Å². The van der Waals surface area contributed by atoms with Gasteiger partial charge in [-0.15, -0.1) is 0 Å². The molecule has 0 saturated heterocycles. The van der Waals surface area contributed by atoms with Crippen molar-refractivity contribution in [3.05, 3.63) is 27.1 Å². The molecule has 1 aromatic rings. The van der Waals surface area contributed by atoms with Gasteiger partial charge in [0.1, 0.15) is 11.4 Å². The fourth-order valence-electron chi connectivity index (χ4n) is 2.02. The van der Waals surface area contributed by atoms with Crippen LogP contribution in [-0.2, 0) is 9.53 Å². The number of carbonyl (C=O) groups is 1. The van der Waals surface area contributed by atoms with Gasteiger partial charge in [0.15, 0.2) is 0 Å². The molecule has 0 amide bonds. The van der Waals surface area contributed by atoms with E-state index in [4.69, 9.17) is 9.47 Å².